The number of hydrogen-bond acceptors (Lipinski definition) is 26. The number of guanidine groups is 1. The smallest absolute Gasteiger partial charge is 0.326 e. The van der Waals surface area contributed by atoms with E-state index in [0.29, 0.717) is 37.1 Å². The number of nitrogens with two attached hydrogens (primary N) is 3. The van der Waals surface area contributed by atoms with Gasteiger partial charge in [-0.15, -0.1) is 0 Å². The lowest BCUT2D eigenvalue weighted by atomic mass is 10.0. The van der Waals surface area contributed by atoms with Gasteiger partial charge >= 0.3 is 23.9 Å². The summed E-state index contributed by atoms with van der Waals surface area (Å²) in [5.41, 5.74) is 17.4. The second-order valence-corrected chi connectivity index (χ2v) is 31.0. The van der Waals surface area contributed by atoms with Crippen LogP contribution in [0.2, 0.25) is 0 Å². The molecular weight excluding hydrogens is 1670 g/mol. The molecule has 49 heteroatoms. The summed E-state index contributed by atoms with van der Waals surface area (Å²) in [6.45, 7) is 9.35. The van der Waals surface area contributed by atoms with Crippen LogP contribution in [-0.4, -0.2) is 289 Å². The molecule has 14 atom stereocenters. The Bertz CT molecular complexity index is 4030. The van der Waals surface area contributed by atoms with E-state index in [9.17, 15) is 121 Å². The number of thioether (sulfide) groups is 1. The first-order valence-corrected chi connectivity index (χ1v) is 41.6. The highest BCUT2D eigenvalue weighted by atomic mass is 32.2. The fraction of sp³-hybridized carbons (Fsp3) is 0.605. The molecule has 2 rings (SSSR count). The number of aromatic nitrogens is 2. The quantitative estimate of drug-likeness (QED) is 0.0166. The first-order chi connectivity index (χ1) is 58.7. The van der Waals surface area contributed by atoms with Crippen LogP contribution in [0.15, 0.2) is 36.8 Å². The number of nitrogens with one attached hydrogen (secondary N) is 19. The van der Waals surface area contributed by atoms with Gasteiger partial charge in [0.25, 0.3) is 0 Å². The van der Waals surface area contributed by atoms with Gasteiger partial charge < -0.3 is 138 Å². The van der Waals surface area contributed by atoms with Crippen LogP contribution in [-0.2, 0) is 109 Å². The van der Waals surface area contributed by atoms with Gasteiger partial charge in [-0.25, -0.2) is 9.78 Å². The summed E-state index contributed by atoms with van der Waals surface area (Å²) >= 11 is 1.31. The number of rotatable bonds is 60. The zero-order chi connectivity index (χ0) is 94.3. The molecule has 2 aromatic rings. The molecule has 0 saturated heterocycles. The van der Waals surface area contributed by atoms with Gasteiger partial charge in [0.1, 0.15) is 84.3 Å². The van der Waals surface area contributed by atoms with Crippen LogP contribution >= 0.6 is 11.8 Å². The van der Waals surface area contributed by atoms with E-state index in [4.69, 9.17) is 22.6 Å². The van der Waals surface area contributed by atoms with E-state index < -0.39 is 279 Å². The van der Waals surface area contributed by atoms with E-state index in [-0.39, 0.29) is 56.0 Å². The summed E-state index contributed by atoms with van der Waals surface area (Å²) in [5, 5.41) is 96.6. The summed E-state index contributed by atoms with van der Waals surface area (Å²) in [7, 11) is 0. The van der Waals surface area contributed by atoms with Gasteiger partial charge in [-0.1, -0.05) is 46.2 Å². The summed E-state index contributed by atoms with van der Waals surface area (Å²) < 4.78 is 0. The topological polar surface area (TPSA) is 778 Å². The van der Waals surface area contributed by atoms with E-state index >= 15 is 0 Å². The molecule has 48 nitrogen and oxygen atoms in total. The second kappa shape index (κ2) is 56.8. The molecule has 16 amide bonds. The first kappa shape index (κ1) is 108. The standard InChI is InChI=1S/C76H121N23O25S/c1-37(2)29-52(73(121)94-50(21-24-60(108)109)71(119)93-47(14-12-27-82-76(79)80)69(117)95-51(75(123)124)25-28-125-9)96-65(113)42(8)90-68(116)49(20-23-59(106)107)92-63(111)40(6)87-55(101)33-84-67(115)53(30-43-15-17-45(100)18-16-43)98-70(118)48(19-22-58(104)105)91-57(103)35-83-62(110)39(5)89-72(120)54(31-44-32-81-36-86-44)97-64(112)41(7)88-56(102)34-85-74(122)61(38(3)4)99-66(114)46(78)13-10-11-26-77/h15-18,32,36-42,46-54,61,100H,10-14,19-31,33-35,77-78H2,1-9H3,(H,81,86)(H,83,110)(H,84,115)(H,85,122)(H,87,101)(H,88,102)(H,89,120)(H,90,116)(H,91,103)(H,92,111)(H,93,119)(H,94,121)(H,95,117)(H,96,113)(H,97,112)(H,98,118)(H,99,114)(H,104,105)(H,106,107)(H,108,109)(H,123,124)(H4,79,80,82)/t39-,40-,41-,42-,46-,47-,48-,49-,50-,51-,52-,53-,54-,61-/m0/s1. The molecule has 0 bridgehead atoms. The predicted molar refractivity (Wildman–Crippen MR) is 446 cm³/mol. The minimum Gasteiger partial charge on any atom is -0.508 e. The number of carbonyl (C=O) groups excluding carboxylic acids is 16. The number of amides is 16. The number of H-pyrrole nitrogens is 1. The molecule has 0 radical (unpaired) electrons. The van der Waals surface area contributed by atoms with Crippen molar-refractivity contribution in [1.82, 2.24) is 100 Å². The number of carboxylic acid groups (broad SMARTS) is 4. The number of aromatic hydroxyl groups is 1. The van der Waals surface area contributed by atoms with Gasteiger partial charge in [0.05, 0.1) is 37.7 Å². The number of benzene rings is 1. The highest BCUT2D eigenvalue weighted by molar-refractivity contribution is 7.98. The number of unbranched alkanes of at least 4 members (excludes halogenated alkanes) is 1. The summed E-state index contributed by atoms with van der Waals surface area (Å²) in [5.74, 6) is -22.5. The Hall–Kier alpha value is -12.8. The molecule has 0 aliphatic rings. The fourth-order valence-corrected chi connectivity index (χ4v) is 12.0. The maximum Gasteiger partial charge on any atom is 0.326 e. The normalized spacial score (nSPS) is 14.3. The number of carboxylic acids is 4. The lowest BCUT2D eigenvalue weighted by Gasteiger charge is -2.27. The molecular formula is C76H121N23O25S. The second-order valence-electron chi connectivity index (χ2n) is 30.0. The zero-order valence-corrected chi connectivity index (χ0v) is 71.9. The number of imidazole rings is 1. The molecule has 1 heterocycles. The lowest BCUT2D eigenvalue weighted by Crippen LogP contribution is -2.59. The van der Waals surface area contributed by atoms with Crippen LogP contribution in [0.5, 0.6) is 5.75 Å². The molecule has 0 aliphatic heterocycles. The third kappa shape index (κ3) is 43.7. The molecule has 30 N–H and O–H groups in total. The van der Waals surface area contributed by atoms with Crippen LogP contribution in [0.25, 0.3) is 0 Å². The molecule has 0 saturated carbocycles. The summed E-state index contributed by atoms with van der Waals surface area (Å²) in [6, 6.07) is -15.4. The Labute approximate surface area is 724 Å². The van der Waals surface area contributed by atoms with Gasteiger partial charge in [0.15, 0.2) is 5.96 Å². The number of hydrogen-bond donors (Lipinski definition) is 27. The van der Waals surface area contributed by atoms with Crippen molar-refractivity contribution in [3.63, 3.8) is 0 Å². The van der Waals surface area contributed by atoms with Crippen molar-refractivity contribution in [2.24, 2.45) is 29.0 Å². The largest absolute Gasteiger partial charge is 0.508 e. The van der Waals surface area contributed by atoms with Crippen LogP contribution in [0.3, 0.4) is 0 Å². The number of aromatic amines is 1. The van der Waals surface area contributed by atoms with E-state index in [1.807, 2.05) is 0 Å². The zero-order valence-electron chi connectivity index (χ0n) is 71.0. The number of phenols is 1. The molecule has 1 aromatic carbocycles. The van der Waals surface area contributed by atoms with E-state index in [0.717, 1.165) is 13.8 Å². The Morgan fingerprint density at radius 2 is 0.840 bits per heavy atom. The van der Waals surface area contributed by atoms with Crippen molar-refractivity contribution in [3.8, 4) is 5.75 Å². The molecule has 696 valence electrons. The van der Waals surface area contributed by atoms with Crippen molar-refractivity contribution in [2.75, 3.05) is 44.7 Å². The number of aliphatic carboxylic acids is 4. The Kier molecular flexibility index (Phi) is 49.2. The van der Waals surface area contributed by atoms with Crippen LogP contribution in [0.1, 0.15) is 150 Å². The van der Waals surface area contributed by atoms with Gasteiger partial charge in [-0.05, 0) is 134 Å². The Morgan fingerprint density at radius 1 is 0.432 bits per heavy atom. The van der Waals surface area contributed by atoms with E-state index in [1.54, 1.807) is 34.0 Å². The maximum absolute atomic E-state index is 14.1. The Morgan fingerprint density at radius 3 is 1.30 bits per heavy atom. The molecule has 125 heavy (non-hydrogen) atoms. The predicted octanol–water partition coefficient (Wildman–Crippen LogP) is -7.52. The SMILES string of the molecule is CSCC[C@H](NC(=O)[C@H](CCCNC(=N)N)NC(=O)[C@H](CCC(=O)O)NC(=O)[C@H](CC(C)C)NC(=O)[C@H](C)NC(=O)[C@H](CCC(=O)O)NC(=O)[C@H](C)NC(=O)CNC(=O)[C@H](Cc1ccc(O)cc1)NC(=O)[C@H](CCC(=O)O)NC(=O)CNC(=O)[C@H](C)NC(=O)[C@H](Cc1c[nH]cn1)NC(=O)[C@H](C)NC(=O)CNC(=O)[C@@H](NC(=O)[C@@H](N)CCCCN)C(C)C)C(=O)O. The van der Waals surface area contributed by atoms with Gasteiger partial charge in [0, 0.05) is 44.8 Å². The molecule has 0 spiro atoms. The lowest BCUT2D eigenvalue weighted by molar-refractivity contribution is -0.142. The molecule has 0 fully saturated rings. The van der Waals surface area contributed by atoms with Gasteiger partial charge in [-0.3, -0.25) is 96.5 Å². The first-order valence-electron chi connectivity index (χ1n) is 40.2. The summed E-state index contributed by atoms with van der Waals surface area (Å²) in [4.78, 5) is 272. The highest BCUT2D eigenvalue weighted by Gasteiger charge is 2.37. The molecule has 0 unspecified atom stereocenters. The van der Waals surface area contributed by atoms with Crippen molar-refractivity contribution in [1.29, 1.82) is 5.41 Å². The monoisotopic (exact) mass is 1790 g/mol. The maximum atomic E-state index is 14.1. The van der Waals surface area contributed by atoms with Gasteiger partial charge in [-0.2, -0.15) is 11.8 Å². The van der Waals surface area contributed by atoms with Crippen molar-refractivity contribution < 1.29 is 121 Å². The average molecular weight is 1790 g/mol. The third-order valence-corrected chi connectivity index (χ3v) is 19.2. The van der Waals surface area contributed by atoms with Crippen molar-refractivity contribution in [3.05, 3.63) is 48.0 Å². The van der Waals surface area contributed by atoms with E-state index in [1.165, 1.54) is 62.4 Å². The van der Waals surface area contributed by atoms with Crippen LogP contribution < -0.4 is 108 Å². The fourth-order valence-electron chi connectivity index (χ4n) is 11.5. The minimum absolute atomic E-state index is 0.0000734. The third-order valence-electron chi connectivity index (χ3n) is 18.5. The van der Waals surface area contributed by atoms with Crippen molar-refractivity contribution >= 4 is 136 Å². The molecule has 0 aliphatic carbocycles. The number of carbonyl (C=O) groups is 20. The number of nitrogens with zero attached hydrogens (tertiary/aromatic N) is 1. The number of phenolic OH excluding ortho intramolecular Hbond substituents is 1. The van der Waals surface area contributed by atoms with Crippen LogP contribution in [0, 0.1) is 17.2 Å². The minimum atomic E-state index is -1.76. The summed E-state index contributed by atoms with van der Waals surface area (Å²) in [6.07, 6.45) is 1.08. The average Bonchev–Trinajstić information content (AvgIpc) is 1.64. The molecule has 1 aromatic heterocycles. The Balaban J connectivity index is 2.24. The highest BCUT2D eigenvalue weighted by Crippen LogP contribution is 2.15. The van der Waals surface area contributed by atoms with E-state index in [2.05, 4.69) is 100 Å². The van der Waals surface area contributed by atoms with Gasteiger partial charge in [0.2, 0.25) is 94.5 Å². The van der Waals surface area contributed by atoms with Crippen molar-refractivity contribution in [2.45, 2.75) is 236 Å². The van der Waals surface area contributed by atoms with Crippen LogP contribution in [0.4, 0.5) is 0 Å².